The average molecular weight is 270 g/mol. The first-order valence-electron chi connectivity index (χ1n) is 5.40. The maximum atomic E-state index is 11.8. The van der Waals surface area contributed by atoms with Crippen molar-refractivity contribution in [1.29, 1.82) is 0 Å². The number of carboxylic acids is 1. The summed E-state index contributed by atoms with van der Waals surface area (Å²) in [5.74, 6) is -1.73. The summed E-state index contributed by atoms with van der Waals surface area (Å²) in [6, 6.07) is 4.88. The van der Waals surface area contributed by atoms with E-state index in [-0.39, 0.29) is 5.91 Å². The van der Waals surface area contributed by atoms with E-state index in [0.29, 0.717) is 22.9 Å². The van der Waals surface area contributed by atoms with Crippen molar-refractivity contribution in [3.63, 3.8) is 0 Å². The number of anilines is 1. The van der Waals surface area contributed by atoms with E-state index in [1.54, 1.807) is 18.2 Å². The van der Waals surface area contributed by atoms with Gasteiger partial charge in [0.15, 0.2) is 0 Å². The van der Waals surface area contributed by atoms with Crippen LogP contribution in [0.5, 0.6) is 5.75 Å². The standard InChI is InChI=1S/C12H12ClNO4/c1-18-6-2-3-9(13)10(4-6)14-11(15)7-5-8(7)12(16)17/h2-4,7-8H,5H2,1H3,(H,14,15)(H,16,17)/t7-,8+/m1/s1. The molecule has 96 valence electrons. The highest BCUT2D eigenvalue weighted by molar-refractivity contribution is 6.33. The van der Waals surface area contributed by atoms with Crippen LogP contribution in [0.15, 0.2) is 18.2 Å². The second-order valence-corrected chi connectivity index (χ2v) is 4.53. The minimum Gasteiger partial charge on any atom is -0.497 e. The van der Waals surface area contributed by atoms with E-state index >= 15 is 0 Å². The fourth-order valence-electron chi connectivity index (χ4n) is 1.71. The third-order valence-corrected chi connectivity index (χ3v) is 3.21. The lowest BCUT2D eigenvalue weighted by molar-refractivity contribution is -0.139. The molecule has 1 aromatic rings. The molecule has 0 aliphatic heterocycles. The Morgan fingerprint density at radius 3 is 2.72 bits per heavy atom. The molecule has 0 unspecified atom stereocenters. The number of aliphatic carboxylic acids is 1. The van der Waals surface area contributed by atoms with E-state index < -0.39 is 17.8 Å². The molecular formula is C12H12ClNO4. The number of carbonyl (C=O) groups excluding carboxylic acids is 1. The molecule has 6 heteroatoms. The van der Waals surface area contributed by atoms with Crippen molar-refractivity contribution < 1.29 is 19.4 Å². The van der Waals surface area contributed by atoms with Gasteiger partial charge in [-0.15, -0.1) is 0 Å². The van der Waals surface area contributed by atoms with Crippen molar-refractivity contribution >= 4 is 29.2 Å². The zero-order valence-corrected chi connectivity index (χ0v) is 10.4. The molecule has 1 amide bonds. The van der Waals surface area contributed by atoms with Crippen LogP contribution in [0.25, 0.3) is 0 Å². The molecule has 0 heterocycles. The van der Waals surface area contributed by atoms with Gasteiger partial charge in [0.25, 0.3) is 0 Å². The monoisotopic (exact) mass is 269 g/mol. The van der Waals surface area contributed by atoms with Crippen molar-refractivity contribution in [2.75, 3.05) is 12.4 Å². The minimum absolute atomic E-state index is 0.322. The summed E-state index contributed by atoms with van der Waals surface area (Å²) in [7, 11) is 1.51. The number of rotatable bonds is 4. The molecule has 0 radical (unpaired) electrons. The zero-order valence-electron chi connectivity index (χ0n) is 9.64. The highest BCUT2D eigenvalue weighted by atomic mass is 35.5. The van der Waals surface area contributed by atoms with Gasteiger partial charge in [-0.25, -0.2) is 0 Å². The van der Waals surface area contributed by atoms with Gasteiger partial charge in [0.1, 0.15) is 5.75 Å². The third-order valence-electron chi connectivity index (χ3n) is 2.88. The van der Waals surface area contributed by atoms with Crippen molar-refractivity contribution in [3.8, 4) is 5.75 Å². The number of ether oxygens (including phenoxy) is 1. The van der Waals surface area contributed by atoms with Crippen LogP contribution in [0.3, 0.4) is 0 Å². The normalized spacial score (nSPS) is 21.2. The van der Waals surface area contributed by atoms with Crippen molar-refractivity contribution in [3.05, 3.63) is 23.2 Å². The highest BCUT2D eigenvalue weighted by Crippen LogP contribution is 2.40. The van der Waals surface area contributed by atoms with Crippen LogP contribution < -0.4 is 10.1 Å². The number of halogens is 1. The van der Waals surface area contributed by atoms with Crippen molar-refractivity contribution in [1.82, 2.24) is 0 Å². The lowest BCUT2D eigenvalue weighted by Crippen LogP contribution is -2.17. The number of nitrogens with one attached hydrogen (secondary N) is 1. The summed E-state index contributed by atoms with van der Waals surface area (Å²) >= 11 is 5.93. The zero-order chi connectivity index (χ0) is 13.3. The van der Waals surface area contributed by atoms with Gasteiger partial charge in [-0.05, 0) is 18.6 Å². The van der Waals surface area contributed by atoms with Crippen molar-refractivity contribution in [2.45, 2.75) is 6.42 Å². The summed E-state index contributed by atoms with van der Waals surface area (Å²) in [5.41, 5.74) is 0.428. The van der Waals surface area contributed by atoms with E-state index in [2.05, 4.69) is 5.32 Å². The molecule has 1 aliphatic rings. The van der Waals surface area contributed by atoms with Gasteiger partial charge in [0.05, 0.1) is 29.7 Å². The Morgan fingerprint density at radius 2 is 2.17 bits per heavy atom. The number of amides is 1. The first-order valence-corrected chi connectivity index (χ1v) is 5.78. The lowest BCUT2D eigenvalue weighted by Gasteiger charge is -2.08. The van der Waals surface area contributed by atoms with E-state index in [9.17, 15) is 9.59 Å². The van der Waals surface area contributed by atoms with Crippen LogP contribution >= 0.6 is 11.6 Å². The second kappa shape index (κ2) is 4.86. The van der Waals surface area contributed by atoms with Gasteiger partial charge in [0.2, 0.25) is 5.91 Å². The lowest BCUT2D eigenvalue weighted by atomic mass is 10.2. The second-order valence-electron chi connectivity index (χ2n) is 4.12. The summed E-state index contributed by atoms with van der Waals surface area (Å²) in [4.78, 5) is 22.4. The van der Waals surface area contributed by atoms with E-state index in [1.807, 2.05) is 0 Å². The van der Waals surface area contributed by atoms with Crippen LogP contribution in [-0.2, 0) is 9.59 Å². The van der Waals surface area contributed by atoms with Crippen LogP contribution in [0, 0.1) is 11.8 Å². The number of benzene rings is 1. The number of hydrogen-bond donors (Lipinski definition) is 2. The first-order chi connectivity index (χ1) is 8.52. The fraction of sp³-hybridized carbons (Fsp3) is 0.333. The predicted octanol–water partition coefficient (Wildman–Crippen LogP) is 2.01. The number of carboxylic acid groups (broad SMARTS) is 1. The Morgan fingerprint density at radius 1 is 1.44 bits per heavy atom. The molecule has 0 bridgehead atoms. The molecule has 1 saturated carbocycles. The maximum absolute atomic E-state index is 11.8. The average Bonchev–Trinajstić information content (AvgIpc) is 3.12. The molecule has 0 saturated heterocycles. The number of methoxy groups -OCH3 is 1. The number of hydrogen-bond acceptors (Lipinski definition) is 3. The Labute approximate surface area is 109 Å². The molecule has 1 aromatic carbocycles. The van der Waals surface area contributed by atoms with E-state index in [4.69, 9.17) is 21.4 Å². The molecule has 5 nitrogen and oxygen atoms in total. The number of carbonyl (C=O) groups is 2. The Kier molecular flexibility index (Phi) is 3.43. The Hall–Kier alpha value is -1.75. The predicted molar refractivity (Wildman–Crippen MR) is 65.9 cm³/mol. The SMILES string of the molecule is COc1ccc(Cl)c(NC(=O)[C@@H]2C[C@@H]2C(=O)O)c1. The third kappa shape index (κ3) is 2.56. The molecule has 1 fully saturated rings. The molecule has 0 spiro atoms. The van der Waals surface area contributed by atoms with Crippen molar-refractivity contribution in [2.24, 2.45) is 11.8 Å². The Bertz CT molecular complexity index is 503. The van der Waals surface area contributed by atoms with Crippen LogP contribution in [0.2, 0.25) is 5.02 Å². The van der Waals surface area contributed by atoms with Crippen LogP contribution in [0.4, 0.5) is 5.69 Å². The molecule has 18 heavy (non-hydrogen) atoms. The summed E-state index contributed by atoms with van der Waals surface area (Å²) in [6.07, 6.45) is 0.378. The molecule has 0 aromatic heterocycles. The van der Waals surface area contributed by atoms with Gasteiger partial charge >= 0.3 is 5.97 Å². The van der Waals surface area contributed by atoms with Gasteiger partial charge in [0, 0.05) is 6.07 Å². The van der Waals surface area contributed by atoms with E-state index in [0.717, 1.165) is 0 Å². The van der Waals surface area contributed by atoms with Gasteiger partial charge in [-0.2, -0.15) is 0 Å². The highest BCUT2D eigenvalue weighted by Gasteiger charge is 2.48. The summed E-state index contributed by atoms with van der Waals surface area (Å²) in [5, 5.41) is 11.8. The quantitative estimate of drug-likeness (QED) is 0.877. The first kappa shape index (κ1) is 12.7. The minimum atomic E-state index is -0.938. The largest absolute Gasteiger partial charge is 0.497 e. The van der Waals surface area contributed by atoms with Gasteiger partial charge in [-0.1, -0.05) is 11.6 Å². The summed E-state index contributed by atoms with van der Waals surface area (Å²) in [6.45, 7) is 0. The van der Waals surface area contributed by atoms with Crippen LogP contribution in [0.1, 0.15) is 6.42 Å². The van der Waals surface area contributed by atoms with E-state index in [1.165, 1.54) is 7.11 Å². The smallest absolute Gasteiger partial charge is 0.307 e. The van der Waals surface area contributed by atoms with Gasteiger partial charge < -0.3 is 15.2 Å². The maximum Gasteiger partial charge on any atom is 0.307 e. The fourth-order valence-corrected chi connectivity index (χ4v) is 1.88. The summed E-state index contributed by atoms with van der Waals surface area (Å²) < 4.78 is 5.02. The van der Waals surface area contributed by atoms with Crippen LogP contribution in [-0.4, -0.2) is 24.1 Å². The molecule has 2 atom stereocenters. The topological polar surface area (TPSA) is 75.6 Å². The Balaban J connectivity index is 2.06. The van der Waals surface area contributed by atoms with Gasteiger partial charge in [-0.3, -0.25) is 9.59 Å². The molecular weight excluding hydrogens is 258 g/mol. The molecule has 1 aliphatic carbocycles. The molecule has 2 N–H and O–H groups in total. The molecule has 2 rings (SSSR count).